The maximum atomic E-state index is 6.08. The third kappa shape index (κ3) is 2.65. The molecule has 0 amide bonds. The molecule has 1 N–H and O–H groups in total. The number of nitrogens with one attached hydrogen (secondary N) is 1. The number of guanidine groups is 1. The summed E-state index contributed by atoms with van der Waals surface area (Å²) in [5, 5.41) is 12.1. The molecule has 1 aliphatic heterocycles. The smallest absolute Gasteiger partial charge is 0.220 e. The topological polar surface area (TPSA) is 40.0 Å². The van der Waals surface area contributed by atoms with E-state index in [0.29, 0.717) is 28.2 Å². The van der Waals surface area contributed by atoms with Crippen molar-refractivity contribution in [2.75, 3.05) is 11.9 Å². The maximum Gasteiger partial charge on any atom is 0.220 e. The van der Waals surface area contributed by atoms with Crippen LogP contribution in [0.15, 0.2) is 28.3 Å². The van der Waals surface area contributed by atoms with Crippen molar-refractivity contribution in [3.05, 3.63) is 28.2 Å². The zero-order valence-electron chi connectivity index (χ0n) is 9.52. The highest BCUT2D eigenvalue weighted by atomic mass is 35.5. The third-order valence-electron chi connectivity index (χ3n) is 2.49. The average molecular weight is 301 g/mol. The Morgan fingerprint density at radius 1 is 1.50 bits per heavy atom. The lowest BCUT2D eigenvalue weighted by Gasteiger charge is -2.19. The molecule has 1 aromatic carbocycles. The molecule has 4 nitrogen and oxygen atoms in total. The molecule has 1 aromatic rings. The van der Waals surface area contributed by atoms with Crippen molar-refractivity contribution >= 4 is 52.2 Å². The molecule has 7 heteroatoms. The summed E-state index contributed by atoms with van der Waals surface area (Å²) in [5.74, 6) is 0.565. The Bertz CT molecular complexity index is 520. The molecule has 0 aromatic heterocycles. The lowest BCUT2D eigenvalue weighted by molar-refractivity contribution is 0.385. The molecule has 0 spiro atoms. The van der Waals surface area contributed by atoms with Crippen molar-refractivity contribution in [2.45, 2.75) is 13.0 Å². The van der Waals surface area contributed by atoms with Crippen molar-refractivity contribution in [3.8, 4) is 0 Å². The van der Waals surface area contributed by atoms with E-state index in [0.717, 1.165) is 0 Å². The number of benzene rings is 1. The van der Waals surface area contributed by atoms with Gasteiger partial charge in [0.1, 0.15) is 0 Å². The van der Waals surface area contributed by atoms with Gasteiger partial charge in [-0.25, -0.2) is 10.0 Å². The van der Waals surface area contributed by atoms with Gasteiger partial charge >= 0.3 is 0 Å². The van der Waals surface area contributed by atoms with Gasteiger partial charge in [0.05, 0.1) is 33.5 Å². The van der Waals surface area contributed by atoms with Gasteiger partial charge in [0, 0.05) is 0 Å². The van der Waals surface area contributed by atoms with E-state index < -0.39 is 0 Å². The molecule has 94 valence electrons. The number of isothiocyanates is 1. The Labute approximate surface area is 120 Å². The van der Waals surface area contributed by atoms with E-state index in [2.05, 4.69) is 32.8 Å². The first kappa shape index (κ1) is 13.3. The molecule has 1 heterocycles. The second kappa shape index (κ2) is 5.67. The van der Waals surface area contributed by atoms with Crippen LogP contribution in [0.25, 0.3) is 0 Å². The van der Waals surface area contributed by atoms with E-state index in [9.17, 15) is 0 Å². The molecule has 0 saturated carbocycles. The van der Waals surface area contributed by atoms with E-state index in [4.69, 9.17) is 23.2 Å². The van der Waals surface area contributed by atoms with Gasteiger partial charge in [-0.05, 0) is 31.3 Å². The fraction of sp³-hybridized carbons (Fsp3) is 0.273. The Balaban J connectivity index is 2.26. The Morgan fingerprint density at radius 2 is 2.17 bits per heavy atom. The second-order valence-electron chi connectivity index (χ2n) is 3.77. The van der Waals surface area contributed by atoms with Gasteiger partial charge in [-0.15, -0.1) is 5.10 Å². The number of hydrogen-bond acceptors (Lipinski definition) is 5. The quantitative estimate of drug-likeness (QED) is 0.671. The fourth-order valence-electron chi connectivity index (χ4n) is 1.59. The van der Waals surface area contributed by atoms with Crippen LogP contribution in [-0.4, -0.2) is 28.7 Å². The first-order valence-corrected chi connectivity index (χ1v) is 6.42. The maximum absolute atomic E-state index is 6.08. The average Bonchev–Trinajstić information content (AvgIpc) is 2.67. The normalized spacial score (nSPS) is 18.3. The molecule has 1 aliphatic rings. The summed E-state index contributed by atoms with van der Waals surface area (Å²) in [6.07, 6.45) is 0. The number of hydrazone groups is 1. The third-order valence-corrected chi connectivity index (χ3v) is 3.20. The Morgan fingerprint density at radius 3 is 2.78 bits per heavy atom. The lowest BCUT2D eigenvalue weighted by atomic mass is 10.3. The van der Waals surface area contributed by atoms with Crippen molar-refractivity contribution in [1.82, 2.24) is 5.01 Å². The number of anilines is 1. The summed E-state index contributed by atoms with van der Waals surface area (Å²) in [4.78, 5) is 4.33. The molecule has 2 rings (SSSR count). The molecular weight excluding hydrogens is 291 g/mol. The van der Waals surface area contributed by atoms with Gasteiger partial charge in [-0.2, -0.15) is 0 Å². The summed E-state index contributed by atoms with van der Waals surface area (Å²) >= 11 is 16.8. The van der Waals surface area contributed by atoms with E-state index in [-0.39, 0.29) is 6.04 Å². The van der Waals surface area contributed by atoms with Crippen molar-refractivity contribution in [3.63, 3.8) is 0 Å². The zero-order chi connectivity index (χ0) is 13.1. The van der Waals surface area contributed by atoms with Gasteiger partial charge < -0.3 is 5.32 Å². The molecule has 0 bridgehead atoms. The van der Waals surface area contributed by atoms with Crippen LogP contribution < -0.4 is 5.32 Å². The van der Waals surface area contributed by atoms with Crippen LogP contribution in [0, 0.1) is 0 Å². The van der Waals surface area contributed by atoms with Crippen LogP contribution in [0.5, 0.6) is 0 Å². The molecule has 0 aliphatic carbocycles. The van der Waals surface area contributed by atoms with Crippen LogP contribution in [0.2, 0.25) is 10.0 Å². The molecule has 18 heavy (non-hydrogen) atoms. The fourth-order valence-corrected chi connectivity index (χ4v) is 2.17. The molecule has 0 fully saturated rings. The predicted octanol–water partition coefficient (Wildman–Crippen LogP) is 3.48. The number of hydrogen-bond donors (Lipinski definition) is 1. The monoisotopic (exact) mass is 300 g/mol. The molecule has 0 saturated heterocycles. The minimum Gasteiger partial charge on any atom is -0.322 e. The molecule has 0 radical (unpaired) electrons. The van der Waals surface area contributed by atoms with Crippen molar-refractivity contribution in [2.24, 2.45) is 10.1 Å². The number of halogens is 2. The Kier molecular flexibility index (Phi) is 4.19. The minimum absolute atomic E-state index is 0.129. The molecule has 1 atom stereocenters. The molecule has 1 unspecified atom stereocenters. The van der Waals surface area contributed by atoms with Crippen LogP contribution in [0.1, 0.15) is 6.92 Å². The SMILES string of the molecule is CC1CN=C(Nc2c(Cl)cccc2Cl)N1N=C=S. The summed E-state index contributed by atoms with van der Waals surface area (Å²) in [6.45, 7) is 2.62. The van der Waals surface area contributed by atoms with Crippen molar-refractivity contribution in [1.29, 1.82) is 0 Å². The van der Waals surface area contributed by atoms with Crippen LogP contribution in [-0.2, 0) is 0 Å². The number of para-hydroxylation sites is 1. The predicted molar refractivity (Wildman–Crippen MR) is 78.7 cm³/mol. The van der Waals surface area contributed by atoms with E-state index in [1.54, 1.807) is 23.2 Å². The first-order valence-electron chi connectivity index (χ1n) is 5.26. The van der Waals surface area contributed by atoms with Crippen LogP contribution in [0.4, 0.5) is 5.69 Å². The highest BCUT2D eigenvalue weighted by Gasteiger charge is 2.25. The summed E-state index contributed by atoms with van der Waals surface area (Å²) in [5.41, 5.74) is 0.609. The number of nitrogens with zero attached hydrogens (tertiary/aromatic N) is 3. The van der Waals surface area contributed by atoms with Gasteiger partial charge in [0.25, 0.3) is 0 Å². The highest BCUT2D eigenvalue weighted by Crippen LogP contribution is 2.30. The number of thiocarbonyl (C=S) groups is 1. The summed E-state index contributed by atoms with van der Waals surface area (Å²) in [7, 11) is 0. The first-order chi connectivity index (χ1) is 8.63. The van der Waals surface area contributed by atoms with Gasteiger partial charge in [0.2, 0.25) is 5.96 Å². The van der Waals surface area contributed by atoms with Crippen molar-refractivity contribution < 1.29 is 0 Å². The highest BCUT2D eigenvalue weighted by molar-refractivity contribution is 7.78. The van der Waals surface area contributed by atoms with Gasteiger partial charge in [0.15, 0.2) is 0 Å². The summed E-state index contributed by atoms with van der Waals surface area (Å²) in [6, 6.07) is 5.41. The number of aliphatic imine (C=N–C) groups is 1. The lowest BCUT2D eigenvalue weighted by Crippen LogP contribution is -2.34. The summed E-state index contributed by atoms with van der Waals surface area (Å²) < 4.78 is 0. The number of rotatable bonds is 2. The van der Waals surface area contributed by atoms with Crippen LogP contribution >= 0.6 is 35.4 Å². The van der Waals surface area contributed by atoms with E-state index in [1.807, 2.05) is 6.92 Å². The zero-order valence-corrected chi connectivity index (χ0v) is 11.9. The second-order valence-corrected chi connectivity index (χ2v) is 4.77. The standard InChI is InChI=1S/C11H10Cl2N4S/c1-7-5-14-11(17(7)15-6-18)16-10-8(12)3-2-4-9(10)13/h2-4,7H,5H2,1H3,(H,14,16). The van der Waals surface area contributed by atoms with Crippen LogP contribution in [0.3, 0.4) is 0 Å². The minimum atomic E-state index is 0.129. The van der Waals surface area contributed by atoms with E-state index >= 15 is 0 Å². The Hall–Kier alpha value is -1.13. The van der Waals surface area contributed by atoms with E-state index in [1.165, 1.54) is 0 Å². The largest absolute Gasteiger partial charge is 0.322 e. The van der Waals surface area contributed by atoms with Gasteiger partial charge in [-0.3, -0.25) is 0 Å². The molecular formula is C11H10Cl2N4S. The van der Waals surface area contributed by atoms with Gasteiger partial charge in [-0.1, -0.05) is 29.3 Å².